The van der Waals surface area contributed by atoms with E-state index in [1.54, 1.807) is 60.9 Å². The van der Waals surface area contributed by atoms with Crippen LogP contribution >= 0.6 is 31.7 Å². The van der Waals surface area contributed by atoms with Crippen LogP contribution in [0.25, 0.3) is 0 Å². The fraction of sp³-hybridized carbons (Fsp3) is 0.0526. The molecule has 0 amide bonds. The van der Waals surface area contributed by atoms with Crippen molar-refractivity contribution in [3.63, 3.8) is 0 Å². The Morgan fingerprint density at radius 1 is 0.240 bits per heavy atom. The SMILES string of the molecule is F[B-](F)(F)F.F[B-](F)(F)F.O=C(c1ccccc1)c1ccccn1.O=C(c1ccccc1)c1ccccn1.[Cu+].[Cu+].c1ccc([PH+](CC[PH+](c2ccccc2)c2ccccc2)c2ccccc2)cc1.c1ccc([PH+](CC[PH+](c2ccccc2)c2ccccc2)c2ccccc2)cc1. The summed E-state index contributed by atoms with van der Waals surface area (Å²) in [4.78, 5) is 31.6. The van der Waals surface area contributed by atoms with E-state index >= 15 is 0 Å². The molecule has 2 heterocycles. The van der Waals surface area contributed by atoms with Gasteiger partial charge in [-0.05, 0) is 121 Å². The van der Waals surface area contributed by atoms with Crippen LogP contribution in [0, 0.1) is 0 Å². The zero-order valence-electron chi connectivity index (χ0n) is 51.8. The molecule has 0 saturated heterocycles. The van der Waals surface area contributed by atoms with E-state index < -0.39 is 46.2 Å². The standard InChI is InChI=1S/2C26H24P2.2C12H9NO.2BF4.2Cu/c2*1-5-13-23(14-6-1)27(24-15-7-2-8-16-24)21-22-28(25-17-9-3-10-18-25)26-19-11-4-12-20-26;2*14-12(10-6-2-1-3-7-10)11-8-4-5-9-13-11;2*2-1(3,4)5;;/h2*1-20H,21-22H2;2*1-9H;;;;/q;;;;2*-1;2*+1/p+4. The molecule has 0 aliphatic rings. The molecule has 12 aromatic rings. The van der Waals surface area contributed by atoms with Crippen molar-refractivity contribution in [2.45, 2.75) is 0 Å². The van der Waals surface area contributed by atoms with Crippen LogP contribution in [0.5, 0.6) is 0 Å². The van der Waals surface area contributed by atoms with Gasteiger partial charge in [0.1, 0.15) is 36.0 Å². The molecular formula is C76H70B2Cu2F8N2O2P4+4. The molecule has 0 N–H and O–H groups in total. The molecule has 2 aromatic heterocycles. The molecule has 20 heteroatoms. The normalized spacial score (nSPS) is 10.5. The van der Waals surface area contributed by atoms with Crippen molar-refractivity contribution >= 4 is 100 Å². The Hall–Kier alpha value is -7.83. The van der Waals surface area contributed by atoms with Crippen LogP contribution in [0.2, 0.25) is 0 Å². The van der Waals surface area contributed by atoms with E-state index in [1.165, 1.54) is 67.1 Å². The minimum Gasteiger partial charge on any atom is -0.418 e. The van der Waals surface area contributed by atoms with E-state index in [-0.39, 0.29) is 45.7 Å². The summed E-state index contributed by atoms with van der Waals surface area (Å²) in [6.07, 6.45) is 8.29. The van der Waals surface area contributed by atoms with Crippen LogP contribution in [0.15, 0.2) is 352 Å². The molecule has 10 aromatic carbocycles. The number of hydrogen-bond acceptors (Lipinski definition) is 4. The second-order valence-electron chi connectivity index (χ2n) is 20.7. The first kappa shape index (κ1) is 78.9. The smallest absolute Gasteiger partial charge is 0.418 e. The Labute approximate surface area is 583 Å². The fourth-order valence-electron chi connectivity index (χ4n) is 9.91. The van der Waals surface area contributed by atoms with Gasteiger partial charge in [-0.25, -0.2) is 0 Å². The summed E-state index contributed by atoms with van der Waals surface area (Å²) < 4.78 is 78.0. The maximum absolute atomic E-state index is 11.8. The largest absolute Gasteiger partial charge is 1.00 e. The third kappa shape index (κ3) is 29.3. The number of carbonyl (C=O) groups is 2. The number of aromatic nitrogens is 2. The first-order valence-electron chi connectivity index (χ1n) is 30.2. The van der Waals surface area contributed by atoms with Gasteiger partial charge in [-0.2, -0.15) is 0 Å². The van der Waals surface area contributed by atoms with Gasteiger partial charge in [-0.15, -0.1) is 0 Å². The summed E-state index contributed by atoms with van der Waals surface area (Å²) in [6.45, 7) is 0. The molecule has 0 atom stereocenters. The van der Waals surface area contributed by atoms with Gasteiger partial charge >= 0.3 is 48.6 Å². The second-order valence-corrected chi connectivity index (χ2v) is 31.1. The van der Waals surface area contributed by atoms with Crippen LogP contribution in [0.1, 0.15) is 32.1 Å². The van der Waals surface area contributed by atoms with Crippen molar-refractivity contribution < 1.29 is 78.3 Å². The quantitative estimate of drug-likeness (QED) is 0.0372. The maximum atomic E-state index is 11.8. The molecule has 0 bridgehead atoms. The van der Waals surface area contributed by atoms with Crippen molar-refractivity contribution in [1.82, 2.24) is 9.97 Å². The molecule has 0 aliphatic heterocycles. The summed E-state index contributed by atoms with van der Waals surface area (Å²) in [5, 5.41) is 12.1. The Morgan fingerprint density at radius 2 is 0.385 bits per heavy atom. The molecule has 0 fully saturated rings. The minimum atomic E-state index is -6.00. The fourth-order valence-corrected chi connectivity index (χ4v) is 22.3. The van der Waals surface area contributed by atoms with Crippen molar-refractivity contribution in [1.29, 1.82) is 0 Å². The minimum absolute atomic E-state index is 0. The van der Waals surface area contributed by atoms with Gasteiger partial charge in [-0.3, -0.25) is 19.6 Å². The summed E-state index contributed by atoms with van der Waals surface area (Å²) in [5.74, 6) is -0.0719. The third-order valence-corrected chi connectivity index (χ3v) is 26.3. The van der Waals surface area contributed by atoms with Gasteiger partial charge in [0.25, 0.3) is 0 Å². The average molecular weight is 1470 g/mol. The summed E-state index contributed by atoms with van der Waals surface area (Å²) in [5.41, 5.74) is 2.31. The topological polar surface area (TPSA) is 59.9 Å². The Bertz CT molecular complexity index is 3330. The van der Waals surface area contributed by atoms with Crippen molar-refractivity contribution in [2.24, 2.45) is 0 Å². The zero-order valence-corrected chi connectivity index (χ0v) is 57.7. The Balaban J connectivity index is 0.000000228. The molecule has 0 aliphatic carbocycles. The zero-order chi connectivity index (χ0) is 66.6. The third-order valence-electron chi connectivity index (χ3n) is 14.1. The number of ketones is 2. The number of carbonyl (C=O) groups excluding carboxylic acids is 2. The number of pyridine rings is 2. The molecule has 96 heavy (non-hydrogen) atoms. The first-order valence-corrected chi connectivity index (χ1v) is 37.0. The van der Waals surface area contributed by atoms with Crippen LogP contribution in [-0.2, 0) is 34.1 Å². The van der Waals surface area contributed by atoms with Crippen LogP contribution in [0.4, 0.5) is 34.5 Å². The van der Waals surface area contributed by atoms with E-state index in [9.17, 15) is 44.1 Å². The number of hydrogen-bond donors (Lipinski definition) is 0. The monoisotopic (exact) mass is 1470 g/mol. The van der Waals surface area contributed by atoms with E-state index in [1.807, 2.05) is 48.5 Å². The van der Waals surface area contributed by atoms with Crippen molar-refractivity contribution in [2.75, 3.05) is 24.6 Å². The van der Waals surface area contributed by atoms with E-state index in [4.69, 9.17) is 0 Å². The molecule has 4 nitrogen and oxygen atoms in total. The van der Waals surface area contributed by atoms with Gasteiger partial charge in [0.05, 0.1) is 74.1 Å². The molecular weight excluding hydrogens is 1400 g/mol. The molecule has 0 radical (unpaired) electrons. The van der Waals surface area contributed by atoms with Crippen molar-refractivity contribution in [3.8, 4) is 0 Å². The number of rotatable bonds is 18. The van der Waals surface area contributed by atoms with Gasteiger partial charge in [0, 0.05) is 23.5 Å². The second kappa shape index (κ2) is 43.4. The number of nitrogens with zero attached hydrogens (tertiary/aromatic N) is 2. The predicted octanol–water partition coefficient (Wildman–Crippen LogP) is 16.7. The summed E-state index contributed by atoms with van der Waals surface area (Å²) in [6, 6.07) is 118. The van der Waals surface area contributed by atoms with E-state index in [0.717, 1.165) is 0 Å². The van der Waals surface area contributed by atoms with Crippen molar-refractivity contribution in [3.05, 3.63) is 375 Å². The molecule has 12 rings (SSSR count). The van der Waals surface area contributed by atoms with Gasteiger partial charge in [0.15, 0.2) is 0 Å². The van der Waals surface area contributed by atoms with E-state index in [0.29, 0.717) is 22.5 Å². The summed E-state index contributed by atoms with van der Waals surface area (Å²) >= 11 is 0. The van der Waals surface area contributed by atoms with Gasteiger partial charge in [0.2, 0.25) is 11.6 Å². The van der Waals surface area contributed by atoms with Crippen LogP contribution in [0.3, 0.4) is 0 Å². The Kier molecular flexibility index (Phi) is 35.6. The molecule has 0 spiro atoms. The Morgan fingerprint density at radius 3 is 0.531 bits per heavy atom. The molecule has 496 valence electrons. The predicted molar refractivity (Wildman–Crippen MR) is 390 cm³/mol. The van der Waals surface area contributed by atoms with E-state index in [2.05, 4.69) is 253 Å². The van der Waals surface area contributed by atoms with Crippen LogP contribution < -0.4 is 42.4 Å². The van der Waals surface area contributed by atoms with Gasteiger partial charge < -0.3 is 34.5 Å². The first-order chi connectivity index (χ1) is 45.6. The average Bonchev–Trinajstić information content (AvgIpc) is 0.932. The number of halogens is 8. The molecule has 0 saturated carbocycles. The maximum Gasteiger partial charge on any atom is 1.00 e. The van der Waals surface area contributed by atoms with Crippen LogP contribution in [-0.4, -0.2) is 60.7 Å². The number of benzene rings is 10. The summed E-state index contributed by atoms with van der Waals surface area (Å²) in [7, 11) is -15.1. The van der Waals surface area contributed by atoms with Gasteiger partial charge in [-0.1, -0.05) is 218 Å². The molecule has 0 unspecified atom stereocenters.